The van der Waals surface area contributed by atoms with Crippen LogP contribution < -0.4 is 20.1 Å². The van der Waals surface area contributed by atoms with Gasteiger partial charge in [-0.05, 0) is 78.4 Å². The molecule has 0 heterocycles. The van der Waals surface area contributed by atoms with Crippen LogP contribution in [0.2, 0.25) is 0 Å². The zero-order valence-electron chi connectivity index (χ0n) is 17.9. The van der Waals surface area contributed by atoms with Crippen LogP contribution in [-0.2, 0) is 6.54 Å². The predicted molar refractivity (Wildman–Crippen MR) is 123 cm³/mol. The van der Waals surface area contributed by atoms with Gasteiger partial charge in [-0.2, -0.15) is 0 Å². The summed E-state index contributed by atoms with van der Waals surface area (Å²) in [5, 5.41) is 6.69. The molecule has 1 atom stereocenters. The van der Waals surface area contributed by atoms with Crippen molar-refractivity contribution in [2.75, 3.05) is 19.5 Å². The normalized spacial score (nSPS) is 14.0. The lowest BCUT2D eigenvalue weighted by Gasteiger charge is -2.19. The molecule has 31 heavy (non-hydrogen) atoms. The van der Waals surface area contributed by atoms with Gasteiger partial charge in [-0.3, -0.25) is 4.79 Å². The molecule has 160 valence electrons. The Balaban J connectivity index is 1.39. The van der Waals surface area contributed by atoms with E-state index in [0.717, 1.165) is 29.3 Å². The monoisotopic (exact) mass is 416 g/mol. The molecule has 1 aliphatic carbocycles. The van der Waals surface area contributed by atoms with Crippen molar-refractivity contribution in [1.82, 2.24) is 5.32 Å². The first-order valence-corrected chi connectivity index (χ1v) is 10.6. The number of anilines is 1. The van der Waals surface area contributed by atoms with Crippen LogP contribution in [0.25, 0.3) is 0 Å². The predicted octanol–water partition coefficient (Wildman–Crippen LogP) is 5.20. The Morgan fingerprint density at radius 1 is 0.935 bits per heavy atom. The van der Waals surface area contributed by atoms with Crippen LogP contribution in [0, 0.1) is 5.92 Å². The van der Waals surface area contributed by atoms with Crippen molar-refractivity contribution in [3.8, 4) is 11.5 Å². The molecule has 1 unspecified atom stereocenters. The van der Waals surface area contributed by atoms with E-state index in [0.29, 0.717) is 17.5 Å². The number of carbonyl (C=O) groups is 1. The molecule has 3 aromatic rings. The Bertz CT molecular complexity index is 1010. The van der Waals surface area contributed by atoms with E-state index in [1.807, 2.05) is 30.3 Å². The van der Waals surface area contributed by atoms with E-state index in [9.17, 15) is 4.79 Å². The Labute approximate surface area is 183 Å². The van der Waals surface area contributed by atoms with Crippen LogP contribution in [0.4, 0.5) is 5.69 Å². The minimum absolute atomic E-state index is 0.137. The number of benzene rings is 3. The summed E-state index contributed by atoms with van der Waals surface area (Å²) in [4.78, 5) is 12.5. The van der Waals surface area contributed by atoms with Crippen LogP contribution in [0.1, 0.15) is 40.4 Å². The third-order valence-corrected chi connectivity index (χ3v) is 5.63. The van der Waals surface area contributed by atoms with Crippen molar-refractivity contribution in [3.05, 3.63) is 89.5 Å². The van der Waals surface area contributed by atoms with Gasteiger partial charge in [0.25, 0.3) is 5.91 Å². The number of ether oxygens (including phenoxy) is 2. The van der Waals surface area contributed by atoms with Gasteiger partial charge in [-0.1, -0.05) is 24.3 Å². The molecule has 0 bridgehead atoms. The summed E-state index contributed by atoms with van der Waals surface area (Å²) in [5.74, 6) is 2.14. The maximum absolute atomic E-state index is 12.5. The molecule has 5 nitrogen and oxygen atoms in total. The largest absolute Gasteiger partial charge is 0.497 e. The lowest BCUT2D eigenvalue weighted by molar-refractivity contribution is 0.102. The highest BCUT2D eigenvalue weighted by Crippen LogP contribution is 2.41. The maximum atomic E-state index is 12.5. The van der Waals surface area contributed by atoms with Crippen LogP contribution in [0.5, 0.6) is 11.5 Å². The van der Waals surface area contributed by atoms with Crippen molar-refractivity contribution < 1.29 is 14.3 Å². The molecule has 2 N–H and O–H groups in total. The number of hydrogen-bond acceptors (Lipinski definition) is 4. The van der Waals surface area contributed by atoms with Crippen LogP contribution in [-0.4, -0.2) is 20.1 Å². The van der Waals surface area contributed by atoms with Gasteiger partial charge in [0.05, 0.1) is 14.2 Å². The van der Waals surface area contributed by atoms with E-state index in [-0.39, 0.29) is 5.91 Å². The van der Waals surface area contributed by atoms with E-state index in [1.54, 1.807) is 38.5 Å². The maximum Gasteiger partial charge on any atom is 0.255 e. The van der Waals surface area contributed by atoms with E-state index in [1.165, 1.54) is 18.4 Å². The van der Waals surface area contributed by atoms with Gasteiger partial charge in [-0.25, -0.2) is 0 Å². The lowest BCUT2D eigenvalue weighted by Crippen LogP contribution is -2.22. The summed E-state index contributed by atoms with van der Waals surface area (Å²) in [6.07, 6.45) is 2.50. The second-order valence-corrected chi connectivity index (χ2v) is 7.85. The zero-order valence-corrected chi connectivity index (χ0v) is 17.9. The second kappa shape index (κ2) is 9.67. The zero-order chi connectivity index (χ0) is 21.6. The van der Waals surface area contributed by atoms with Gasteiger partial charge in [0, 0.05) is 23.8 Å². The van der Waals surface area contributed by atoms with Crippen molar-refractivity contribution >= 4 is 11.6 Å². The Hall–Kier alpha value is -3.31. The number of methoxy groups -OCH3 is 2. The highest BCUT2D eigenvalue weighted by Gasteiger charge is 2.31. The number of hydrogen-bond donors (Lipinski definition) is 2. The van der Waals surface area contributed by atoms with Crippen molar-refractivity contribution in [2.24, 2.45) is 5.92 Å². The molecule has 0 saturated heterocycles. The first-order valence-electron chi connectivity index (χ1n) is 10.6. The third kappa shape index (κ3) is 5.44. The van der Waals surface area contributed by atoms with Gasteiger partial charge in [0.1, 0.15) is 11.5 Å². The summed E-state index contributed by atoms with van der Waals surface area (Å²) in [6, 6.07) is 23.7. The molecule has 0 spiro atoms. The lowest BCUT2D eigenvalue weighted by atomic mass is 10.0. The van der Waals surface area contributed by atoms with Crippen molar-refractivity contribution in [2.45, 2.75) is 25.4 Å². The van der Waals surface area contributed by atoms with Crippen molar-refractivity contribution in [1.29, 1.82) is 0 Å². The molecule has 1 aliphatic rings. The minimum Gasteiger partial charge on any atom is -0.497 e. The molecule has 1 amide bonds. The van der Waals surface area contributed by atoms with Crippen LogP contribution in [0.3, 0.4) is 0 Å². The summed E-state index contributed by atoms with van der Waals surface area (Å²) in [5.41, 5.74) is 3.80. The number of carbonyl (C=O) groups excluding carboxylic acids is 1. The van der Waals surface area contributed by atoms with Crippen LogP contribution in [0.15, 0.2) is 72.8 Å². The fourth-order valence-corrected chi connectivity index (χ4v) is 3.73. The molecule has 0 radical (unpaired) electrons. The van der Waals surface area contributed by atoms with Crippen LogP contribution >= 0.6 is 0 Å². The summed E-state index contributed by atoms with van der Waals surface area (Å²) < 4.78 is 10.4. The van der Waals surface area contributed by atoms with Gasteiger partial charge >= 0.3 is 0 Å². The molecule has 0 aliphatic heterocycles. The van der Waals surface area contributed by atoms with Gasteiger partial charge in [0.2, 0.25) is 0 Å². The third-order valence-electron chi connectivity index (χ3n) is 5.63. The first kappa shape index (κ1) is 20.9. The molecule has 5 heteroatoms. The van der Waals surface area contributed by atoms with Gasteiger partial charge in [0.15, 0.2) is 0 Å². The minimum atomic E-state index is -0.137. The van der Waals surface area contributed by atoms with E-state index in [4.69, 9.17) is 9.47 Å². The first-order chi connectivity index (χ1) is 15.2. The molecule has 0 aromatic heterocycles. The molecule has 1 fully saturated rings. The highest BCUT2D eigenvalue weighted by molar-refractivity contribution is 6.04. The fourth-order valence-electron chi connectivity index (χ4n) is 3.73. The Morgan fingerprint density at radius 2 is 1.58 bits per heavy atom. The van der Waals surface area contributed by atoms with Crippen molar-refractivity contribution in [3.63, 3.8) is 0 Å². The average Bonchev–Trinajstić information content (AvgIpc) is 3.65. The van der Waals surface area contributed by atoms with E-state index < -0.39 is 0 Å². The van der Waals surface area contributed by atoms with E-state index in [2.05, 4.69) is 28.8 Å². The second-order valence-electron chi connectivity index (χ2n) is 7.85. The van der Waals surface area contributed by atoms with E-state index >= 15 is 0 Å². The molecule has 4 rings (SSSR count). The summed E-state index contributed by atoms with van der Waals surface area (Å²) in [6.45, 7) is 0.736. The molecule has 3 aromatic carbocycles. The average molecular weight is 417 g/mol. The Kier molecular flexibility index (Phi) is 6.53. The smallest absolute Gasteiger partial charge is 0.255 e. The Morgan fingerprint density at radius 3 is 2.19 bits per heavy atom. The highest BCUT2D eigenvalue weighted by atomic mass is 16.5. The number of rotatable bonds is 9. The number of amides is 1. The topological polar surface area (TPSA) is 59.6 Å². The SMILES string of the molecule is COc1ccc(C(=O)Nc2cccc(CNC(c3ccc(OC)cc3)C3CC3)c2)cc1. The number of nitrogens with one attached hydrogen (secondary N) is 2. The molecular formula is C26H28N2O3. The summed E-state index contributed by atoms with van der Waals surface area (Å²) in [7, 11) is 3.29. The van der Waals surface area contributed by atoms with Gasteiger partial charge in [-0.15, -0.1) is 0 Å². The van der Waals surface area contributed by atoms with Gasteiger partial charge < -0.3 is 20.1 Å². The molecular weight excluding hydrogens is 388 g/mol. The standard InChI is InChI=1S/C26H28N2O3/c1-30-23-12-8-20(9-13-23)25(19-6-7-19)27-17-18-4-3-5-22(16-18)28-26(29)21-10-14-24(31-2)15-11-21/h3-5,8-16,19,25,27H,6-7,17H2,1-2H3,(H,28,29). The summed E-state index contributed by atoms with van der Waals surface area (Å²) >= 11 is 0. The molecule has 1 saturated carbocycles. The fraction of sp³-hybridized carbons (Fsp3) is 0.269. The quantitative estimate of drug-likeness (QED) is 0.504.